The Morgan fingerprint density at radius 3 is 1.47 bits per heavy atom. The van der Waals surface area contributed by atoms with E-state index in [-0.39, 0.29) is 5.97 Å². The van der Waals surface area contributed by atoms with Gasteiger partial charge in [-0.05, 0) is 51.9 Å². The fourth-order valence-electron chi connectivity index (χ4n) is 2.49. The first-order valence-electron chi connectivity index (χ1n) is 11.1. The quantitative estimate of drug-likeness (QED) is 0.188. The maximum Gasteiger partial charge on any atom is 0.322 e. The highest BCUT2D eigenvalue weighted by Gasteiger charge is 2.23. The second-order valence-corrected chi connectivity index (χ2v) is 8.47. The van der Waals surface area contributed by atoms with Gasteiger partial charge in [0, 0.05) is 16.6 Å². The van der Waals surface area contributed by atoms with Crippen molar-refractivity contribution in [2.75, 3.05) is 12.4 Å². The molecule has 0 N–H and O–H groups in total. The molecule has 0 aliphatic rings. The average Bonchev–Trinajstić information content (AvgIpc) is 2.75. The molecule has 0 aromatic carbocycles. The number of ether oxygens (including phenoxy) is 1. The minimum absolute atomic E-state index is 0.319. The Balaban J connectivity index is 3.94. The lowest BCUT2D eigenvalue weighted by molar-refractivity contribution is -0.142. The smallest absolute Gasteiger partial charge is 0.322 e. The number of rotatable bonds is 17. The van der Waals surface area contributed by atoms with Crippen molar-refractivity contribution in [3.63, 3.8) is 0 Å². The average molecular weight is 433 g/mol. The van der Waals surface area contributed by atoms with E-state index in [0.717, 1.165) is 38.5 Å². The molecule has 0 aromatic heterocycles. The van der Waals surface area contributed by atoms with E-state index in [1.807, 2.05) is 19.1 Å². The summed E-state index contributed by atoms with van der Waals surface area (Å²) in [5.41, 5.74) is 0. The molecule has 30 heavy (non-hydrogen) atoms. The van der Waals surface area contributed by atoms with E-state index >= 15 is 0 Å². The molecule has 0 saturated heterocycles. The topological polar surface area (TPSA) is 43.4 Å². The Morgan fingerprint density at radius 1 is 0.700 bits per heavy atom. The molecule has 2 atom stereocenters. The van der Waals surface area contributed by atoms with Gasteiger partial charge in [0.15, 0.2) is 0 Å². The molecule has 0 saturated carbocycles. The minimum atomic E-state index is -1.18. The summed E-state index contributed by atoms with van der Waals surface area (Å²) in [6, 6.07) is 0. The van der Waals surface area contributed by atoms with E-state index in [0.29, 0.717) is 18.8 Å². The van der Waals surface area contributed by atoms with Crippen LogP contribution in [0.4, 0.5) is 0 Å². The largest absolute Gasteiger partial charge is 0.465 e. The predicted molar refractivity (Wildman–Crippen MR) is 132 cm³/mol. The van der Waals surface area contributed by atoms with Crippen LogP contribution in [0, 0.1) is 0 Å². The molecule has 0 radical (unpaired) electrons. The maximum absolute atomic E-state index is 12.0. The fourth-order valence-corrected chi connectivity index (χ4v) is 3.50. The summed E-state index contributed by atoms with van der Waals surface area (Å²) in [5.74, 6) is 0.101. The zero-order chi connectivity index (χ0) is 22.3. The Morgan fingerprint density at radius 2 is 1.10 bits per heavy atom. The molecule has 0 fully saturated rings. The molecule has 168 valence electrons. The van der Waals surface area contributed by atoms with Crippen LogP contribution in [0.2, 0.25) is 0 Å². The Kier molecular flexibility index (Phi) is 20.4. The summed E-state index contributed by atoms with van der Waals surface area (Å²) in [6.45, 7) is 6.05. The summed E-state index contributed by atoms with van der Waals surface area (Å²) in [4.78, 5) is 11.9. The van der Waals surface area contributed by atoms with E-state index in [9.17, 15) is 9.00 Å². The van der Waals surface area contributed by atoms with Crippen molar-refractivity contribution in [3.8, 4) is 0 Å². The van der Waals surface area contributed by atoms with Gasteiger partial charge in [-0.2, -0.15) is 0 Å². The predicted octanol–water partition coefficient (Wildman–Crippen LogP) is 6.77. The molecule has 0 spiro atoms. The maximum atomic E-state index is 12.0. The highest BCUT2D eigenvalue weighted by atomic mass is 32.2. The number of carbonyl (C=O) groups is 1. The van der Waals surface area contributed by atoms with E-state index in [2.05, 4.69) is 67.7 Å². The van der Waals surface area contributed by atoms with Crippen LogP contribution in [0.25, 0.3) is 0 Å². The molecular weight excluding hydrogens is 392 g/mol. The minimum Gasteiger partial charge on any atom is -0.465 e. The van der Waals surface area contributed by atoms with Gasteiger partial charge in [-0.1, -0.05) is 86.8 Å². The zero-order valence-corrected chi connectivity index (χ0v) is 19.8. The van der Waals surface area contributed by atoms with Crippen LogP contribution in [0.1, 0.15) is 65.7 Å². The number of hydrogen-bond donors (Lipinski definition) is 0. The summed E-state index contributed by atoms with van der Waals surface area (Å²) in [5, 5.41) is -0.556. The van der Waals surface area contributed by atoms with Crippen molar-refractivity contribution < 1.29 is 13.7 Å². The first-order valence-corrected chi connectivity index (χ1v) is 12.5. The van der Waals surface area contributed by atoms with Gasteiger partial charge in [-0.25, -0.2) is 0 Å². The Labute approximate surface area is 186 Å². The normalized spacial score (nSPS) is 14.9. The van der Waals surface area contributed by atoms with Crippen molar-refractivity contribution >= 4 is 16.8 Å². The number of esters is 1. The number of allylic oxidation sites excluding steroid dienone is 12. The first kappa shape index (κ1) is 28.1. The van der Waals surface area contributed by atoms with Crippen LogP contribution < -0.4 is 0 Å². The van der Waals surface area contributed by atoms with Gasteiger partial charge in [0.2, 0.25) is 0 Å². The summed E-state index contributed by atoms with van der Waals surface area (Å²) < 4.78 is 17.0. The van der Waals surface area contributed by atoms with Crippen LogP contribution in [0.5, 0.6) is 0 Å². The summed E-state index contributed by atoms with van der Waals surface area (Å²) >= 11 is 0. The molecular formula is C26H40O3S. The molecule has 0 aliphatic heterocycles. The monoisotopic (exact) mass is 432 g/mol. The molecule has 4 heteroatoms. The molecule has 0 rings (SSSR count). The van der Waals surface area contributed by atoms with Crippen molar-refractivity contribution in [2.24, 2.45) is 0 Å². The van der Waals surface area contributed by atoms with Crippen molar-refractivity contribution in [2.45, 2.75) is 71.0 Å². The standard InChI is InChI=1S/C26H40O3S/c1-4-7-8-9-10-11-12-13-14-15-16-17-18-19-20-21-22-23-24-25(30(28)6-3)26(27)29-5-2/h7-8,10-11,13-14,16-17,19-20,22-23,25H,4-6,9,12,15,18,21,24H2,1-3H3/b8-7-,11-10-,14-13-,17-16-,20-19-,23-22-. The molecule has 0 heterocycles. The molecule has 0 amide bonds. The second-order valence-electron chi connectivity index (χ2n) is 6.56. The Hall–Kier alpha value is -1.94. The summed E-state index contributed by atoms with van der Waals surface area (Å²) in [6.07, 6.45) is 31.9. The summed E-state index contributed by atoms with van der Waals surface area (Å²) in [7, 11) is -1.18. The van der Waals surface area contributed by atoms with Gasteiger partial charge in [-0.15, -0.1) is 0 Å². The number of carbonyl (C=O) groups excluding carboxylic acids is 1. The molecule has 0 bridgehead atoms. The van der Waals surface area contributed by atoms with Crippen molar-refractivity contribution in [1.29, 1.82) is 0 Å². The van der Waals surface area contributed by atoms with Gasteiger partial charge in [0.05, 0.1) is 6.61 Å². The fraction of sp³-hybridized carbons (Fsp3) is 0.500. The Bertz CT molecular complexity index is 624. The van der Waals surface area contributed by atoms with Crippen LogP contribution >= 0.6 is 0 Å². The van der Waals surface area contributed by atoms with Crippen LogP contribution in [-0.2, 0) is 20.3 Å². The van der Waals surface area contributed by atoms with Gasteiger partial charge < -0.3 is 4.74 Å². The molecule has 3 nitrogen and oxygen atoms in total. The molecule has 0 aromatic rings. The highest BCUT2D eigenvalue weighted by molar-refractivity contribution is 7.86. The SMILES string of the molecule is CC/C=C\C/C=C\C/C=C\C/C=C\C/C=C\C/C=C\CC(C(=O)OCC)S(=O)CC. The van der Waals surface area contributed by atoms with Crippen LogP contribution in [-0.4, -0.2) is 27.8 Å². The van der Waals surface area contributed by atoms with Gasteiger partial charge in [0.25, 0.3) is 0 Å². The van der Waals surface area contributed by atoms with Crippen molar-refractivity contribution in [1.82, 2.24) is 0 Å². The lowest BCUT2D eigenvalue weighted by Crippen LogP contribution is -2.28. The number of hydrogen-bond acceptors (Lipinski definition) is 3. The van der Waals surface area contributed by atoms with E-state index < -0.39 is 16.0 Å². The van der Waals surface area contributed by atoms with Crippen LogP contribution in [0.15, 0.2) is 72.9 Å². The lowest BCUT2D eigenvalue weighted by atomic mass is 10.2. The highest BCUT2D eigenvalue weighted by Crippen LogP contribution is 2.07. The van der Waals surface area contributed by atoms with E-state index in [4.69, 9.17) is 4.74 Å². The van der Waals surface area contributed by atoms with E-state index in [1.54, 1.807) is 6.92 Å². The van der Waals surface area contributed by atoms with Crippen LogP contribution in [0.3, 0.4) is 0 Å². The van der Waals surface area contributed by atoms with Gasteiger partial charge in [0.1, 0.15) is 5.25 Å². The third kappa shape index (κ3) is 17.0. The van der Waals surface area contributed by atoms with E-state index in [1.165, 1.54) is 0 Å². The zero-order valence-electron chi connectivity index (χ0n) is 19.0. The van der Waals surface area contributed by atoms with Gasteiger partial charge in [-0.3, -0.25) is 9.00 Å². The molecule has 0 aliphatic carbocycles. The van der Waals surface area contributed by atoms with Gasteiger partial charge >= 0.3 is 5.97 Å². The first-order chi connectivity index (χ1) is 14.7. The second kappa shape index (κ2) is 21.8. The molecule has 2 unspecified atom stereocenters. The lowest BCUT2D eigenvalue weighted by Gasteiger charge is -2.12. The van der Waals surface area contributed by atoms with Crippen molar-refractivity contribution in [3.05, 3.63) is 72.9 Å². The third-order valence-electron chi connectivity index (χ3n) is 4.10. The third-order valence-corrected chi connectivity index (χ3v) is 5.69.